The topological polar surface area (TPSA) is 90.2 Å². The number of benzene rings is 11. The maximum absolute atomic E-state index is 5.38. The highest BCUT2D eigenvalue weighted by molar-refractivity contribution is 6.08. The van der Waals surface area contributed by atoms with Crippen molar-refractivity contribution < 1.29 is 0 Å². The Kier molecular flexibility index (Phi) is 8.45. The molecule has 0 radical (unpaired) electrons. The monoisotopic (exact) mass is 865 g/mol. The van der Waals surface area contributed by atoms with E-state index in [0.717, 1.165) is 82.6 Å². The highest BCUT2D eigenvalue weighted by atomic mass is 15.0. The summed E-state index contributed by atoms with van der Waals surface area (Å²) in [5.74, 6) is 1.70. The average molecular weight is 866 g/mol. The molecule has 68 heavy (non-hydrogen) atoms. The van der Waals surface area contributed by atoms with Crippen LogP contribution in [0.25, 0.3) is 143 Å². The summed E-state index contributed by atoms with van der Waals surface area (Å²) in [6.45, 7) is 0. The fourth-order valence-corrected chi connectivity index (χ4v) is 9.96. The smallest absolute Gasteiger partial charge is 0.164 e. The summed E-state index contributed by atoms with van der Waals surface area (Å²) >= 11 is 0. The van der Waals surface area contributed by atoms with Crippen LogP contribution in [0.2, 0.25) is 0 Å². The van der Waals surface area contributed by atoms with E-state index in [2.05, 4.69) is 208 Å². The number of fused-ring (bicyclic) bond motifs is 8. The molecule has 0 fully saturated rings. The normalized spacial score (nSPS) is 11.8. The maximum Gasteiger partial charge on any atom is 0.164 e. The van der Waals surface area contributed by atoms with Gasteiger partial charge in [0, 0.05) is 41.5 Å². The van der Waals surface area contributed by atoms with Crippen LogP contribution in [0.5, 0.6) is 0 Å². The van der Waals surface area contributed by atoms with E-state index in [-0.39, 0.29) is 0 Å². The third-order valence-electron chi connectivity index (χ3n) is 13.3. The summed E-state index contributed by atoms with van der Waals surface area (Å²) in [4.78, 5) is 34.3. The molecule has 3 aromatic heterocycles. The molecule has 7 nitrogen and oxygen atoms in total. The van der Waals surface area contributed by atoms with Gasteiger partial charge in [-0.1, -0.05) is 109 Å². The van der Waals surface area contributed by atoms with Crippen molar-refractivity contribution in [1.82, 2.24) is 34.9 Å². The molecule has 7 heteroatoms. The van der Waals surface area contributed by atoms with Gasteiger partial charge in [-0.05, 0) is 166 Å². The van der Waals surface area contributed by atoms with Gasteiger partial charge in [-0.3, -0.25) is 19.9 Å². The summed E-state index contributed by atoms with van der Waals surface area (Å²) in [5, 5.41) is 13.7. The van der Waals surface area contributed by atoms with Gasteiger partial charge in [0.2, 0.25) is 0 Å². The lowest BCUT2D eigenvalue weighted by Gasteiger charge is -2.15. The van der Waals surface area contributed by atoms with E-state index in [1.807, 2.05) is 0 Å². The predicted octanol–water partition coefficient (Wildman–Crippen LogP) is 15.0. The van der Waals surface area contributed by atoms with E-state index in [4.69, 9.17) is 15.0 Å². The number of rotatable bonds is 5. The largest absolute Gasteiger partial charge is 0.253 e. The quantitative estimate of drug-likeness (QED) is 0.159. The second kappa shape index (κ2) is 15.1. The Labute approximate surface area is 389 Å². The maximum atomic E-state index is 5.38. The molecule has 11 aromatic carbocycles. The van der Waals surface area contributed by atoms with E-state index in [9.17, 15) is 0 Å². The molecule has 0 aliphatic carbocycles. The van der Waals surface area contributed by atoms with E-state index in [1.54, 1.807) is 24.8 Å². The number of nitrogens with zero attached hydrogens (tertiary/aromatic N) is 7. The second-order valence-corrected chi connectivity index (χ2v) is 17.5. The first-order valence-corrected chi connectivity index (χ1v) is 22.7. The fraction of sp³-hybridized carbons (Fsp3) is 0. The zero-order chi connectivity index (χ0) is 44.7. The fourth-order valence-electron chi connectivity index (χ4n) is 9.96. The molecule has 0 aliphatic heterocycles. The molecular weight excluding hydrogens is 831 g/mol. The highest BCUT2D eigenvalue weighted by Crippen LogP contribution is 2.40. The molecule has 14 aromatic rings. The Morgan fingerprint density at radius 3 is 1.01 bits per heavy atom. The lowest BCUT2D eigenvalue weighted by Crippen LogP contribution is -2.01. The lowest BCUT2D eigenvalue weighted by atomic mass is 9.90. The standard InChI is InChI=1S/C61H35N7/c1-3-9-38-30-53-42(23-36(38)7-1)11-5-13-51(53)48-27-49(52-14-6-12-43-24-37-8-2-4-10-39(37)31-54(43)52)29-50(28-48)61-67-59(44-17-15-40-32-55-57(34-46(40)25-44)64-21-19-62-55)66-60(68-61)45-18-16-41-33-56-58(35-47(41)26-45)65-22-20-63-56/h1-35H. The first-order chi connectivity index (χ1) is 33.6. The minimum Gasteiger partial charge on any atom is -0.253 e. The molecule has 0 unspecified atom stereocenters. The second-order valence-electron chi connectivity index (χ2n) is 17.5. The Morgan fingerprint density at radius 1 is 0.221 bits per heavy atom. The van der Waals surface area contributed by atoms with Crippen LogP contribution < -0.4 is 0 Å². The molecule has 0 saturated carbocycles. The number of hydrogen-bond donors (Lipinski definition) is 0. The van der Waals surface area contributed by atoms with Crippen molar-refractivity contribution in [2.24, 2.45) is 0 Å². The van der Waals surface area contributed by atoms with Crippen molar-refractivity contribution in [1.29, 1.82) is 0 Å². The van der Waals surface area contributed by atoms with Gasteiger partial charge in [0.25, 0.3) is 0 Å². The molecular formula is C61H35N7. The van der Waals surface area contributed by atoms with Crippen molar-refractivity contribution in [3.63, 3.8) is 0 Å². The van der Waals surface area contributed by atoms with Crippen molar-refractivity contribution >= 4 is 86.7 Å². The third-order valence-corrected chi connectivity index (χ3v) is 13.3. The first-order valence-electron chi connectivity index (χ1n) is 22.7. The minimum absolute atomic E-state index is 0.566. The molecule has 314 valence electrons. The molecule has 0 spiro atoms. The summed E-state index contributed by atoms with van der Waals surface area (Å²) in [5.41, 5.74) is 10.4. The van der Waals surface area contributed by atoms with Gasteiger partial charge in [-0.15, -0.1) is 0 Å². The molecule has 0 atom stereocenters. The Bertz CT molecular complexity index is 4140. The van der Waals surface area contributed by atoms with Crippen LogP contribution in [0.3, 0.4) is 0 Å². The van der Waals surface area contributed by atoms with Gasteiger partial charge in [-0.2, -0.15) is 0 Å². The summed E-state index contributed by atoms with van der Waals surface area (Å²) in [6.07, 6.45) is 6.91. The van der Waals surface area contributed by atoms with Crippen molar-refractivity contribution in [2.45, 2.75) is 0 Å². The summed E-state index contributed by atoms with van der Waals surface area (Å²) < 4.78 is 0. The third kappa shape index (κ3) is 6.48. The molecule has 0 saturated heterocycles. The van der Waals surface area contributed by atoms with Crippen LogP contribution in [0.15, 0.2) is 213 Å². The van der Waals surface area contributed by atoms with Crippen LogP contribution in [0.1, 0.15) is 0 Å². The first kappa shape index (κ1) is 38.0. The van der Waals surface area contributed by atoms with Crippen LogP contribution in [0, 0.1) is 0 Å². The van der Waals surface area contributed by atoms with Crippen LogP contribution >= 0.6 is 0 Å². The predicted molar refractivity (Wildman–Crippen MR) is 278 cm³/mol. The number of hydrogen-bond acceptors (Lipinski definition) is 7. The molecule has 0 N–H and O–H groups in total. The summed E-state index contributed by atoms with van der Waals surface area (Å²) in [6, 6.07) is 67.3. The molecule has 0 bridgehead atoms. The molecule has 3 heterocycles. The SMILES string of the molecule is c1ccc2cc3c(-c4cc(-c5nc(-c6ccc7cc8nccnc8cc7c6)nc(-c6ccc7cc8nccnc8cc7c6)n5)cc(-c5cccc6cc7ccccc7cc56)c4)cccc3cc2c1. The van der Waals surface area contributed by atoms with E-state index < -0.39 is 0 Å². The average Bonchev–Trinajstić information content (AvgIpc) is 3.39. The Morgan fingerprint density at radius 2 is 0.574 bits per heavy atom. The molecule has 14 rings (SSSR count). The van der Waals surface area contributed by atoms with E-state index in [1.165, 1.54) is 43.1 Å². The van der Waals surface area contributed by atoms with Crippen LogP contribution in [-0.2, 0) is 0 Å². The van der Waals surface area contributed by atoms with Crippen LogP contribution in [-0.4, -0.2) is 34.9 Å². The van der Waals surface area contributed by atoms with Gasteiger partial charge < -0.3 is 0 Å². The molecule has 0 aliphatic rings. The van der Waals surface area contributed by atoms with Crippen molar-refractivity contribution in [3.8, 4) is 56.4 Å². The molecule has 0 amide bonds. The van der Waals surface area contributed by atoms with Gasteiger partial charge in [0.1, 0.15) is 0 Å². The Hall–Kier alpha value is -9.33. The minimum atomic E-state index is 0.566. The lowest BCUT2D eigenvalue weighted by molar-refractivity contribution is 1.08. The van der Waals surface area contributed by atoms with E-state index in [0.29, 0.717) is 17.5 Å². The summed E-state index contributed by atoms with van der Waals surface area (Å²) in [7, 11) is 0. The highest BCUT2D eigenvalue weighted by Gasteiger charge is 2.18. The van der Waals surface area contributed by atoms with Gasteiger partial charge in [0.05, 0.1) is 22.1 Å². The van der Waals surface area contributed by atoms with E-state index >= 15 is 0 Å². The zero-order valence-corrected chi connectivity index (χ0v) is 36.3. The van der Waals surface area contributed by atoms with Crippen LogP contribution in [0.4, 0.5) is 0 Å². The van der Waals surface area contributed by atoms with Gasteiger partial charge in [-0.25, -0.2) is 15.0 Å². The Balaban J connectivity index is 1.03. The number of aromatic nitrogens is 7. The van der Waals surface area contributed by atoms with Gasteiger partial charge >= 0.3 is 0 Å². The van der Waals surface area contributed by atoms with Crippen molar-refractivity contribution in [2.75, 3.05) is 0 Å². The zero-order valence-electron chi connectivity index (χ0n) is 36.3. The van der Waals surface area contributed by atoms with Gasteiger partial charge in [0.15, 0.2) is 17.5 Å². The van der Waals surface area contributed by atoms with Crippen molar-refractivity contribution in [3.05, 3.63) is 213 Å².